The molecular formula is C12H16N2O3. The van der Waals surface area contributed by atoms with Crippen LogP contribution in [-0.4, -0.2) is 24.8 Å². The van der Waals surface area contributed by atoms with Gasteiger partial charge in [0.2, 0.25) is 0 Å². The van der Waals surface area contributed by atoms with E-state index in [4.69, 9.17) is 0 Å². The second kappa shape index (κ2) is 4.73. The minimum atomic E-state index is -0.971. The first-order valence-corrected chi connectivity index (χ1v) is 5.53. The Morgan fingerprint density at radius 2 is 2.29 bits per heavy atom. The second-order valence-electron chi connectivity index (χ2n) is 4.18. The Morgan fingerprint density at radius 3 is 3.06 bits per heavy atom. The lowest BCUT2D eigenvalue weighted by Gasteiger charge is -2.24. The largest absolute Gasteiger partial charge is 0.383 e. The summed E-state index contributed by atoms with van der Waals surface area (Å²) < 4.78 is 0. The maximum absolute atomic E-state index is 11.2. The molecule has 1 unspecified atom stereocenters. The molecule has 0 saturated carbocycles. The van der Waals surface area contributed by atoms with Gasteiger partial charge in [0.1, 0.15) is 5.60 Å². The normalized spacial score (nSPS) is 22.0. The van der Waals surface area contributed by atoms with Crippen molar-refractivity contribution in [1.82, 2.24) is 10.8 Å². The molecule has 2 rings (SSSR count). The Labute approximate surface area is 99.7 Å². The maximum atomic E-state index is 11.2. The van der Waals surface area contributed by atoms with E-state index in [1.54, 1.807) is 0 Å². The Hall–Kier alpha value is -1.59. The van der Waals surface area contributed by atoms with Crippen molar-refractivity contribution < 1.29 is 14.7 Å². The van der Waals surface area contributed by atoms with Crippen LogP contribution in [0.4, 0.5) is 4.79 Å². The predicted octanol–water partition coefficient (Wildman–Crippen LogP) is 0.681. The number of carbonyl (C=O) groups excluding carboxylic acids is 1. The van der Waals surface area contributed by atoms with Gasteiger partial charge in [0.15, 0.2) is 0 Å². The number of amides is 2. The molecule has 1 aliphatic rings. The molecule has 0 bridgehead atoms. The smallest absolute Gasteiger partial charge is 0.338 e. The van der Waals surface area contributed by atoms with Crippen molar-refractivity contribution in [3.05, 3.63) is 35.4 Å². The van der Waals surface area contributed by atoms with Gasteiger partial charge >= 0.3 is 6.03 Å². The van der Waals surface area contributed by atoms with Crippen molar-refractivity contribution >= 4 is 6.03 Å². The van der Waals surface area contributed by atoms with Gasteiger partial charge in [-0.25, -0.2) is 10.3 Å². The molecule has 0 saturated heterocycles. The highest BCUT2D eigenvalue weighted by Gasteiger charge is 2.36. The molecule has 0 aromatic heterocycles. The number of carbonyl (C=O) groups is 1. The summed E-state index contributed by atoms with van der Waals surface area (Å²) in [6, 6.07) is 7.30. The summed E-state index contributed by atoms with van der Waals surface area (Å²) in [7, 11) is 1.36. The zero-order valence-electron chi connectivity index (χ0n) is 9.69. The monoisotopic (exact) mass is 236 g/mol. The molecule has 0 radical (unpaired) electrons. The summed E-state index contributed by atoms with van der Waals surface area (Å²) in [5, 5.41) is 13.1. The van der Waals surface area contributed by atoms with E-state index in [0.717, 1.165) is 17.5 Å². The standard InChI is InChI=1S/C12H16N2O3/c1-17-14-11(15)13-8-12(16)7-6-9-4-2-3-5-10(9)12/h2-5,16H,6-8H2,1H3,(H2,13,14,15). The topological polar surface area (TPSA) is 70.6 Å². The van der Waals surface area contributed by atoms with Crippen molar-refractivity contribution in [1.29, 1.82) is 0 Å². The molecule has 3 N–H and O–H groups in total. The van der Waals surface area contributed by atoms with E-state index in [9.17, 15) is 9.90 Å². The number of hydroxylamine groups is 1. The highest BCUT2D eigenvalue weighted by Crippen LogP contribution is 2.35. The third-order valence-corrected chi connectivity index (χ3v) is 3.06. The number of rotatable bonds is 3. The predicted molar refractivity (Wildman–Crippen MR) is 62.2 cm³/mol. The maximum Gasteiger partial charge on any atom is 0.338 e. The number of aryl methyl sites for hydroxylation is 1. The van der Waals surface area contributed by atoms with Crippen LogP contribution in [0.25, 0.3) is 0 Å². The lowest BCUT2D eigenvalue weighted by atomic mass is 9.96. The van der Waals surface area contributed by atoms with Gasteiger partial charge in [0.25, 0.3) is 0 Å². The van der Waals surface area contributed by atoms with Crippen molar-refractivity contribution in [2.75, 3.05) is 13.7 Å². The zero-order chi connectivity index (χ0) is 12.3. The zero-order valence-corrected chi connectivity index (χ0v) is 9.69. The van der Waals surface area contributed by atoms with Crippen molar-refractivity contribution in [2.24, 2.45) is 0 Å². The lowest BCUT2D eigenvalue weighted by Crippen LogP contribution is -2.43. The molecule has 0 aliphatic heterocycles. The van der Waals surface area contributed by atoms with Gasteiger partial charge in [0.05, 0.1) is 13.7 Å². The number of hydrogen-bond donors (Lipinski definition) is 3. The fourth-order valence-electron chi connectivity index (χ4n) is 2.21. The van der Waals surface area contributed by atoms with Crippen molar-refractivity contribution in [2.45, 2.75) is 18.4 Å². The first kappa shape index (κ1) is 11.9. The number of aliphatic hydroxyl groups is 1. The molecule has 5 heteroatoms. The van der Waals surface area contributed by atoms with E-state index >= 15 is 0 Å². The van der Waals surface area contributed by atoms with E-state index in [1.807, 2.05) is 24.3 Å². The third kappa shape index (κ3) is 2.40. The Kier molecular flexibility index (Phi) is 3.31. The summed E-state index contributed by atoms with van der Waals surface area (Å²) in [5.74, 6) is 0. The van der Waals surface area contributed by atoms with Gasteiger partial charge in [-0.1, -0.05) is 24.3 Å². The molecule has 1 aliphatic carbocycles. The lowest BCUT2D eigenvalue weighted by molar-refractivity contribution is 0.0378. The van der Waals surface area contributed by atoms with Gasteiger partial charge < -0.3 is 10.4 Å². The van der Waals surface area contributed by atoms with Gasteiger partial charge in [-0.3, -0.25) is 4.84 Å². The summed E-state index contributed by atoms with van der Waals surface area (Å²) in [6.45, 7) is 0.180. The summed E-state index contributed by atoms with van der Waals surface area (Å²) >= 11 is 0. The number of urea groups is 1. The van der Waals surface area contributed by atoms with E-state index in [-0.39, 0.29) is 6.54 Å². The van der Waals surface area contributed by atoms with Crippen molar-refractivity contribution in [3.8, 4) is 0 Å². The SMILES string of the molecule is CONC(=O)NCC1(O)CCc2ccccc21. The summed E-state index contributed by atoms with van der Waals surface area (Å²) in [5.41, 5.74) is 3.22. The highest BCUT2D eigenvalue weighted by molar-refractivity contribution is 5.72. The van der Waals surface area contributed by atoms with Crippen LogP contribution in [-0.2, 0) is 16.9 Å². The van der Waals surface area contributed by atoms with Crippen LogP contribution in [0, 0.1) is 0 Å². The fourth-order valence-corrected chi connectivity index (χ4v) is 2.21. The first-order valence-electron chi connectivity index (χ1n) is 5.53. The van der Waals surface area contributed by atoms with Crippen LogP contribution in [0.5, 0.6) is 0 Å². The van der Waals surface area contributed by atoms with Crippen LogP contribution in [0.15, 0.2) is 24.3 Å². The minimum absolute atomic E-state index is 0.180. The molecule has 0 spiro atoms. The molecule has 1 atom stereocenters. The molecule has 0 fully saturated rings. The van der Waals surface area contributed by atoms with Crippen LogP contribution in [0.2, 0.25) is 0 Å². The van der Waals surface area contributed by atoms with E-state index < -0.39 is 11.6 Å². The Balaban J connectivity index is 2.04. The van der Waals surface area contributed by atoms with Crippen LogP contribution >= 0.6 is 0 Å². The Bertz CT molecular complexity index is 422. The number of hydrogen-bond acceptors (Lipinski definition) is 3. The van der Waals surface area contributed by atoms with Crippen LogP contribution < -0.4 is 10.8 Å². The van der Waals surface area contributed by atoms with E-state index in [0.29, 0.717) is 6.42 Å². The van der Waals surface area contributed by atoms with E-state index in [2.05, 4.69) is 15.6 Å². The van der Waals surface area contributed by atoms with Gasteiger partial charge in [-0.15, -0.1) is 0 Å². The number of nitrogens with one attached hydrogen (secondary N) is 2. The molecular weight excluding hydrogens is 220 g/mol. The summed E-state index contributed by atoms with van der Waals surface area (Å²) in [6.07, 6.45) is 1.46. The summed E-state index contributed by atoms with van der Waals surface area (Å²) in [4.78, 5) is 15.7. The second-order valence-corrected chi connectivity index (χ2v) is 4.18. The quantitative estimate of drug-likeness (QED) is 0.676. The van der Waals surface area contributed by atoms with Crippen LogP contribution in [0.3, 0.4) is 0 Å². The molecule has 17 heavy (non-hydrogen) atoms. The minimum Gasteiger partial charge on any atom is -0.383 e. The third-order valence-electron chi connectivity index (χ3n) is 3.06. The Morgan fingerprint density at radius 1 is 1.53 bits per heavy atom. The average Bonchev–Trinajstić information content (AvgIpc) is 2.67. The van der Waals surface area contributed by atoms with Crippen LogP contribution in [0.1, 0.15) is 17.5 Å². The first-order chi connectivity index (χ1) is 8.15. The number of benzene rings is 1. The molecule has 5 nitrogen and oxygen atoms in total. The molecule has 1 aromatic carbocycles. The van der Waals surface area contributed by atoms with Crippen molar-refractivity contribution in [3.63, 3.8) is 0 Å². The fraction of sp³-hybridized carbons (Fsp3) is 0.417. The van der Waals surface area contributed by atoms with Gasteiger partial charge in [0, 0.05) is 0 Å². The molecule has 1 aromatic rings. The average molecular weight is 236 g/mol. The molecule has 2 amide bonds. The van der Waals surface area contributed by atoms with Gasteiger partial charge in [-0.2, -0.15) is 0 Å². The molecule has 92 valence electrons. The van der Waals surface area contributed by atoms with E-state index in [1.165, 1.54) is 7.11 Å². The highest BCUT2D eigenvalue weighted by atomic mass is 16.6. The van der Waals surface area contributed by atoms with Gasteiger partial charge in [-0.05, 0) is 24.0 Å². The molecule has 0 heterocycles. The number of fused-ring (bicyclic) bond motifs is 1.